The normalized spacial score (nSPS) is 10.7. The topological polar surface area (TPSA) is 61.5 Å². The fraction of sp³-hybridized carbons (Fsp3) is 0.417. The molecule has 0 aliphatic heterocycles. The van der Waals surface area contributed by atoms with E-state index in [2.05, 4.69) is 0 Å². The van der Waals surface area contributed by atoms with Crippen molar-refractivity contribution in [2.45, 2.75) is 20.0 Å². The number of anilines is 1. The Bertz CT molecular complexity index is 412. The zero-order chi connectivity index (χ0) is 13.7. The molecule has 0 aliphatic rings. The quantitative estimate of drug-likeness (QED) is 0.514. The van der Waals surface area contributed by atoms with Gasteiger partial charge in [-0.25, -0.2) is 4.79 Å². The average molecular weight is 292 g/mol. The monoisotopic (exact) mass is 291 g/mol. The summed E-state index contributed by atoms with van der Waals surface area (Å²) in [7, 11) is 0. The SMILES string of the molecule is CC(C)OCCOC(=O)c1cc(N)c(Cl)c(Cl)c1. The molecule has 0 saturated heterocycles. The lowest BCUT2D eigenvalue weighted by atomic mass is 10.2. The van der Waals surface area contributed by atoms with Crippen LogP contribution in [0.4, 0.5) is 5.69 Å². The van der Waals surface area contributed by atoms with Gasteiger partial charge in [0.1, 0.15) is 6.61 Å². The highest BCUT2D eigenvalue weighted by molar-refractivity contribution is 6.43. The van der Waals surface area contributed by atoms with Crippen molar-refractivity contribution in [1.29, 1.82) is 0 Å². The fourth-order valence-electron chi connectivity index (χ4n) is 1.23. The van der Waals surface area contributed by atoms with Gasteiger partial charge in [0.25, 0.3) is 0 Å². The molecule has 1 aromatic carbocycles. The van der Waals surface area contributed by atoms with E-state index in [0.29, 0.717) is 6.61 Å². The molecule has 0 bridgehead atoms. The number of nitrogen functional groups attached to an aromatic ring is 1. The summed E-state index contributed by atoms with van der Waals surface area (Å²) in [6, 6.07) is 2.85. The Hall–Kier alpha value is -0.970. The number of rotatable bonds is 5. The third kappa shape index (κ3) is 4.37. The van der Waals surface area contributed by atoms with Crippen molar-refractivity contribution in [2.75, 3.05) is 18.9 Å². The van der Waals surface area contributed by atoms with Gasteiger partial charge in [0, 0.05) is 0 Å². The van der Waals surface area contributed by atoms with Crippen LogP contribution in [0.3, 0.4) is 0 Å². The van der Waals surface area contributed by atoms with Crippen LogP contribution >= 0.6 is 23.2 Å². The standard InChI is InChI=1S/C12H15Cl2NO3/c1-7(2)17-3-4-18-12(16)8-5-9(13)11(14)10(15)6-8/h5-7H,3-4,15H2,1-2H3. The predicted molar refractivity (Wildman–Crippen MR) is 72.2 cm³/mol. The third-order valence-electron chi connectivity index (χ3n) is 2.06. The molecule has 0 fully saturated rings. The lowest BCUT2D eigenvalue weighted by Gasteiger charge is -2.09. The van der Waals surface area contributed by atoms with Crippen molar-refractivity contribution in [3.8, 4) is 0 Å². The maximum absolute atomic E-state index is 11.7. The minimum Gasteiger partial charge on any atom is -0.460 e. The minimum absolute atomic E-state index is 0.101. The molecule has 0 atom stereocenters. The van der Waals surface area contributed by atoms with E-state index in [1.54, 1.807) is 0 Å². The van der Waals surface area contributed by atoms with Crippen molar-refractivity contribution >= 4 is 34.9 Å². The number of halogens is 2. The lowest BCUT2D eigenvalue weighted by molar-refractivity contribution is 0.0177. The summed E-state index contributed by atoms with van der Waals surface area (Å²) in [5.74, 6) is -0.507. The van der Waals surface area contributed by atoms with Gasteiger partial charge < -0.3 is 15.2 Å². The summed E-state index contributed by atoms with van der Waals surface area (Å²) < 4.78 is 10.3. The summed E-state index contributed by atoms with van der Waals surface area (Å²) in [4.78, 5) is 11.7. The number of esters is 1. The molecule has 0 radical (unpaired) electrons. The number of benzene rings is 1. The number of ether oxygens (including phenoxy) is 2. The molecule has 6 heteroatoms. The van der Waals surface area contributed by atoms with Gasteiger partial charge in [-0.3, -0.25) is 0 Å². The molecule has 100 valence electrons. The number of hydrogen-bond donors (Lipinski definition) is 1. The van der Waals surface area contributed by atoms with E-state index >= 15 is 0 Å². The maximum Gasteiger partial charge on any atom is 0.338 e. The summed E-state index contributed by atoms with van der Waals surface area (Å²) >= 11 is 11.6. The molecule has 0 heterocycles. The summed E-state index contributed by atoms with van der Waals surface area (Å²) in [5, 5.41) is 0.457. The second-order valence-electron chi connectivity index (χ2n) is 3.92. The largest absolute Gasteiger partial charge is 0.460 e. The van der Waals surface area contributed by atoms with Crippen LogP contribution in [0.1, 0.15) is 24.2 Å². The van der Waals surface area contributed by atoms with Gasteiger partial charge in [0.2, 0.25) is 0 Å². The summed E-state index contributed by atoms with van der Waals surface area (Å²) in [6.07, 6.45) is 0.101. The maximum atomic E-state index is 11.7. The molecule has 0 aliphatic carbocycles. The van der Waals surface area contributed by atoms with Crippen LogP contribution in [-0.2, 0) is 9.47 Å². The zero-order valence-electron chi connectivity index (χ0n) is 10.2. The molecule has 18 heavy (non-hydrogen) atoms. The van der Waals surface area contributed by atoms with Crippen LogP contribution in [0, 0.1) is 0 Å². The van der Waals surface area contributed by atoms with Gasteiger partial charge in [-0.1, -0.05) is 23.2 Å². The van der Waals surface area contributed by atoms with Gasteiger partial charge in [0.15, 0.2) is 0 Å². The Labute approximate surface area is 116 Å². The second kappa shape index (κ2) is 6.83. The summed E-state index contributed by atoms with van der Waals surface area (Å²) in [5.41, 5.74) is 6.12. The molecular formula is C12H15Cl2NO3. The van der Waals surface area contributed by atoms with Gasteiger partial charge in [-0.05, 0) is 26.0 Å². The Morgan fingerprint density at radius 3 is 2.56 bits per heavy atom. The number of carbonyl (C=O) groups is 1. The molecule has 0 amide bonds. The van der Waals surface area contributed by atoms with Crippen LogP contribution in [0.5, 0.6) is 0 Å². The predicted octanol–water partition coefficient (Wildman–Crippen LogP) is 3.16. The van der Waals surface area contributed by atoms with Crippen LogP contribution in [0.2, 0.25) is 10.0 Å². The van der Waals surface area contributed by atoms with Gasteiger partial charge in [0.05, 0.1) is 34.0 Å². The van der Waals surface area contributed by atoms with Crippen molar-refractivity contribution in [3.63, 3.8) is 0 Å². The van der Waals surface area contributed by atoms with Crippen LogP contribution in [-0.4, -0.2) is 25.3 Å². The minimum atomic E-state index is -0.507. The first-order valence-electron chi connectivity index (χ1n) is 5.45. The molecule has 0 unspecified atom stereocenters. The highest BCUT2D eigenvalue weighted by Crippen LogP contribution is 2.29. The number of carbonyl (C=O) groups excluding carboxylic acids is 1. The van der Waals surface area contributed by atoms with Crippen molar-refractivity contribution < 1.29 is 14.3 Å². The van der Waals surface area contributed by atoms with Gasteiger partial charge in [-0.15, -0.1) is 0 Å². The first-order valence-corrected chi connectivity index (χ1v) is 6.20. The fourth-order valence-corrected chi connectivity index (χ4v) is 1.57. The van der Waals surface area contributed by atoms with E-state index < -0.39 is 5.97 Å². The lowest BCUT2D eigenvalue weighted by Crippen LogP contribution is -2.13. The Balaban J connectivity index is 2.57. The highest BCUT2D eigenvalue weighted by Gasteiger charge is 2.12. The van der Waals surface area contributed by atoms with E-state index in [0.717, 1.165) is 0 Å². The van der Waals surface area contributed by atoms with Crippen molar-refractivity contribution in [1.82, 2.24) is 0 Å². The highest BCUT2D eigenvalue weighted by atomic mass is 35.5. The van der Waals surface area contributed by atoms with Crippen LogP contribution in [0.15, 0.2) is 12.1 Å². The van der Waals surface area contributed by atoms with Gasteiger partial charge in [-0.2, -0.15) is 0 Å². The molecular weight excluding hydrogens is 277 g/mol. The van der Waals surface area contributed by atoms with Crippen molar-refractivity contribution in [3.05, 3.63) is 27.7 Å². The smallest absolute Gasteiger partial charge is 0.338 e. The van der Waals surface area contributed by atoms with Crippen LogP contribution < -0.4 is 5.73 Å². The number of hydrogen-bond acceptors (Lipinski definition) is 4. The molecule has 1 rings (SSSR count). The molecule has 4 nitrogen and oxygen atoms in total. The van der Waals surface area contributed by atoms with Gasteiger partial charge >= 0.3 is 5.97 Å². The molecule has 2 N–H and O–H groups in total. The summed E-state index contributed by atoms with van der Waals surface area (Å²) in [6.45, 7) is 4.33. The third-order valence-corrected chi connectivity index (χ3v) is 2.88. The Kier molecular flexibility index (Phi) is 5.72. The second-order valence-corrected chi connectivity index (χ2v) is 4.70. The number of nitrogens with two attached hydrogens (primary N) is 1. The van der Waals surface area contributed by atoms with E-state index in [9.17, 15) is 4.79 Å². The first-order chi connectivity index (χ1) is 8.41. The first kappa shape index (κ1) is 15.1. The van der Waals surface area contributed by atoms with Crippen molar-refractivity contribution in [2.24, 2.45) is 0 Å². The molecule has 1 aromatic rings. The molecule has 0 spiro atoms. The average Bonchev–Trinajstić information content (AvgIpc) is 2.30. The molecule has 0 aromatic heterocycles. The van der Waals surface area contributed by atoms with E-state index in [4.69, 9.17) is 38.4 Å². The van der Waals surface area contributed by atoms with E-state index in [-0.39, 0.29) is 34.0 Å². The van der Waals surface area contributed by atoms with E-state index in [1.807, 2.05) is 13.8 Å². The van der Waals surface area contributed by atoms with E-state index in [1.165, 1.54) is 12.1 Å². The Morgan fingerprint density at radius 1 is 1.33 bits per heavy atom. The van der Waals surface area contributed by atoms with Crippen LogP contribution in [0.25, 0.3) is 0 Å². The molecule has 0 saturated carbocycles. The zero-order valence-corrected chi connectivity index (χ0v) is 11.7. The Morgan fingerprint density at radius 2 is 2.00 bits per heavy atom.